The number of unbranched alkanes of at least 4 members (excludes halogenated alkanes) is 1. The molecule has 1 fully saturated rings. The number of aryl methyl sites for hydroxylation is 1. The minimum Gasteiger partial charge on any atom is -0.496 e. The largest absolute Gasteiger partial charge is 0.496 e. The van der Waals surface area contributed by atoms with Crippen LogP contribution in [0.3, 0.4) is 0 Å². The molecule has 190 valence electrons. The molecule has 4 rings (SSSR count). The molecule has 36 heavy (non-hydrogen) atoms. The molecule has 0 bridgehead atoms. The Morgan fingerprint density at radius 1 is 1.19 bits per heavy atom. The van der Waals surface area contributed by atoms with E-state index in [-0.39, 0.29) is 23.8 Å². The third-order valence-corrected chi connectivity index (χ3v) is 6.78. The van der Waals surface area contributed by atoms with Gasteiger partial charge in [0.05, 0.1) is 24.8 Å². The topological polar surface area (TPSA) is 84.7 Å². The summed E-state index contributed by atoms with van der Waals surface area (Å²) < 4.78 is 11.3. The van der Waals surface area contributed by atoms with E-state index in [0.717, 1.165) is 29.7 Å². The van der Waals surface area contributed by atoms with Crippen molar-refractivity contribution in [1.29, 1.82) is 0 Å². The van der Waals surface area contributed by atoms with Crippen LogP contribution in [0.2, 0.25) is 0 Å². The summed E-state index contributed by atoms with van der Waals surface area (Å²) in [7, 11) is 1.62. The van der Waals surface area contributed by atoms with Crippen molar-refractivity contribution in [2.75, 3.05) is 20.2 Å². The molecule has 2 aromatic carbocycles. The lowest BCUT2D eigenvalue weighted by molar-refractivity contribution is -0.143. The monoisotopic (exact) mass is 489 g/mol. The summed E-state index contributed by atoms with van der Waals surface area (Å²) in [5.41, 5.74) is 3.77. The summed E-state index contributed by atoms with van der Waals surface area (Å²) in [6.45, 7) is 5.21. The predicted octanol–water partition coefficient (Wildman–Crippen LogP) is 5.10. The molecule has 0 unspecified atom stereocenters. The molecule has 1 N–H and O–H groups in total. The number of oxazole rings is 1. The molecule has 1 saturated heterocycles. The Balaban J connectivity index is 1.46. The van der Waals surface area contributed by atoms with Crippen molar-refractivity contribution < 1.29 is 18.7 Å². The molecule has 3 aromatic rings. The first-order chi connectivity index (χ1) is 17.5. The standard InChI is InChI=1S/C29H35N3O4/c1-4-5-18-32-26(33)15-14-24(27(32)23-8-6-7-9-25(23)35-3)28(34)30-17-16-22-19-36-29(31-22)21-12-10-20(2)11-13-21/h6-13,19,24,27H,4-5,14-18H2,1-3H3,(H,30,34)/t24-,27-/m1/s1. The highest BCUT2D eigenvalue weighted by atomic mass is 16.5. The van der Waals surface area contributed by atoms with E-state index in [2.05, 4.69) is 17.2 Å². The molecule has 7 heteroatoms. The average Bonchev–Trinajstić information content (AvgIpc) is 3.37. The predicted molar refractivity (Wildman–Crippen MR) is 138 cm³/mol. The number of rotatable bonds is 10. The van der Waals surface area contributed by atoms with Crippen LogP contribution in [0.1, 0.15) is 55.5 Å². The van der Waals surface area contributed by atoms with Crippen molar-refractivity contribution in [1.82, 2.24) is 15.2 Å². The fourth-order valence-electron chi connectivity index (χ4n) is 4.81. The van der Waals surface area contributed by atoms with Gasteiger partial charge in [0.15, 0.2) is 0 Å². The fraction of sp³-hybridized carbons (Fsp3) is 0.414. The number of aromatic nitrogens is 1. The van der Waals surface area contributed by atoms with Gasteiger partial charge in [0, 0.05) is 37.1 Å². The van der Waals surface area contributed by atoms with E-state index in [1.54, 1.807) is 13.4 Å². The Bertz CT molecular complexity index is 1170. The van der Waals surface area contributed by atoms with Gasteiger partial charge in [-0.1, -0.05) is 49.2 Å². The number of nitrogens with zero attached hydrogens (tertiary/aromatic N) is 2. The fourth-order valence-corrected chi connectivity index (χ4v) is 4.81. The lowest BCUT2D eigenvalue weighted by atomic mass is 9.83. The van der Waals surface area contributed by atoms with Gasteiger partial charge < -0.3 is 19.4 Å². The minimum absolute atomic E-state index is 0.0536. The highest BCUT2D eigenvalue weighted by molar-refractivity contribution is 5.85. The molecule has 2 atom stereocenters. The Morgan fingerprint density at radius 3 is 2.72 bits per heavy atom. The van der Waals surface area contributed by atoms with Crippen LogP contribution in [-0.4, -0.2) is 41.9 Å². The Morgan fingerprint density at radius 2 is 1.97 bits per heavy atom. The number of benzene rings is 2. The normalized spacial score (nSPS) is 17.8. The van der Waals surface area contributed by atoms with Crippen molar-refractivity contribution in [2.45, 2.75) is 52.0 Å². The summed E-state index contributed by atoms with van der Waals surface area (Å²) in [5, 5.41) is 3.09. The van der Waals surface area contributed by atoms with Crippen LogP contribution in [0.4, 0.5) is 0 Å². The van der Waals surface area contributed by atoms with Crippen LogP contribution in [0.5, 0.6) is 5.75 Å². The van der Waals surface area contributed by atoms with Crippen molar-refractivity contribution >= 4 is 11.8 Å². The van der Waals surface area contributed by atoms with Gasteiger partial charge in [0.1, 0.15) is 12.0 Å². The van der Waals surface area contributed by atoms with E-state index in [9.17, 15) is 9.59 Å². The number of hydrogen-bond donors (Lipinski definition) is 1. The zero-order chi connectivity index (χ0) is 25.5. The summed E-state index contributed by atoms with van der Waals surface area (Å²) >= 11 is 0. The van der Waals surface area contributed by atoms with E-state index in [4.69, 9.17) is 9.15 Å². The lowest BCUT2D eigenvalue weighted by Gasteiger charge is -2.41. The first kappa shape index (κ1) is 25.5. The smallest absolute Gasteiger partial charge is 0.226 e. The minimum atomic E-state index is -0.353. The van der Waals surface area contributed by atoms with Gasteiger partial charge >= 0.3 is 0 Å². The van der Waals surface area contributed by atoms with Crippen molar-refractivity contribution in [3.63, 3.8) is 0 Å². The molecule has 1 aliphatic heterocycles. The first-order valence-electron chi connectivity index (χ1n) is 12.7. The average molecular weight is 490 g/mol. The number of para-hydroxylation sites is 1. The summed E-state index contributed by atoms with van der Waals surface area (Å²) in [5.74, 6) is 0.959. The van der Waals surface area contributed by atoms with Crippen LogP contribution >= 0.6 is 0 Å². The quantitative estimate of drug-likeness (QED) is 0.428. The molecule has 1 aliphatic rings. The van der Waals surface area contributed by atoms with E-state index < -0.39 is 0 Å². The molecular weight excluding hydrogens is 454 g/mol. The summed E-state index contributed by atoms with van der Waals surface area (Å²) in [6, 6.07) is 15.3. The van der Waals surface area contributed by atoms with Gasteiger partial charge in [-0.05, 0) is 38.0 Å². The van der Waals surface area contributed by atoms with Gasteiger partial charge in [0.25, 0.3) is 0 Å². The maximum atomic E-state index is 13.4. The number of ether oxygens (including phenoxy) is 1. The third-order valence-electron chi connectivity index (χ3n) is 6.78. The Labute approximate surface area is 212 Å². The van der Waals surface area contributed by atoms with Crippen LogP contribution in [0.15, 0.2) is 59.2 Å². The summed E-state index contributed by atoms with van der Waals surface area (Å²) in [4.78, 5) is 32.8. The van der Waals surface area contributed by atoms with Gasteiger partial charge in [-0.15, -0.1) is 0 Å². The SMILES string of the molecule is CCCCN1C(=O)CC[C@@H](C(=O)NCCc2coc(-c3ccc(C)cc3)n2)[C@H]1c1ccccc1OC. The Kier molecular flexibility index (Phi) is 8.41. The molecule has 0 saturated carbocycles. The second-order valence-electron chi connectivity index (χ2n) is 9.32. The third kappa shape index (κ3) is 5.78. The van der Waals surface area contributed by atoms with Gasteiger partial charge in [-0.25, -0.2) is 4.98 Å². The highest BCUT2D eigenvalue weighted by Crippen LogP contribution is 2.40. The molecule has 2 amide bonds. The number of hydrogen-bond acceptors (Lipinski definition) is 5. The molecule has 0 aliphatic carbocycles. The van der Waals surface area contributed by atoms with E-state index in [1.807, 2.05) is 60.4 Å². The zero-order valence-corrected chi connectivity index (χ0v) is 21.3. The number of amides is 2. The van der Waals surface area contributed by atoms with Gasteiger partial charge in [-0.2, -0.15) is 0 Å². The van der Waals surface area contributed by atoms with Crippen LogP contribution in [0, 0.1) is 12.8 Å². The number of carbonyl (C=O) groups excluding carboxylic acids is 2. The number of methoxy groups -OCH3 is 1. The highest BCUT2D eigenvalue weighted by Gasteiger charge is 2.41. The van der Waals surface area contributed by atoms with E-state index in [0.29, 0.717) is 44.0 Å². The molecule has 0 radical (unpaired) electrons. The number of likely N-dealkylation sites (tertiary alicyclic amines) is 1. The second-order valence-corrected chi connectivity index (χ2v) is 9.32. The molecule has 0 spiro atoms. The van der Waals surface area contributed by atoms with Gasteiger partial charge in [0.2, 0.25) is 17.7 Å². The van der Waals surface area contributed by atoms with Gasteiger partial charge in [-0.3, -0.25) is 9.59 Å². The maximum absolute atomic E-state index is 13.4. The maximum Gasteiger partial charge on any atom is 0.226 e. The number of carbonyl (C=O) groups is 2. The zero-order valence-electron chi connectivity index (χ0n) is 21.3. The molecule has 2 heterocycles. The molecule has 1 aromatic heterocycles. The van der Waals surface area contributed by atoms with Crippen molar-refractivity contribution in [3.05, 3.63) is 71.6 Å². The van der Waals surface area contributed by atoms with E-state index >= 15 is 0 Å². The van der Waals surface area contributed by atoms with E-state index in [1.165, 1.54) is 5.56 Å². The molecular formula is C29H35N3O4. The number of piperidine rings is 1. The van der Waals surface area contributed by atoms with Crippen LogP contribution in [0.25, 0.3) is 11.5 Å². The second kappa shape index (κ2) is 11.9. The summed E-state index contributed by atoms with van der Waals surface area (Å²) in [6.07, 6.45) is 4.95. The molecule has 7 nitrogen and oxygen atoms in total. The van der Waals surface area contributed by atoms with Crippen LogP contribution in [-0.2, 0) is 16.0 Å². The van der Waals surface area contributed by atoms with Crippen molar-refractivity contribution in [2.24, 2.45) is 5.92 Å². The van der Waals surface area contributed by atoms with Crippen LogP contribution < -0.4 is 10.1 Å². The number of nitrogens with one attached hydrogen (secondary N) is 1. The first-order valence-corrected chi connectivity index (χ1v) is 12.7. The van der Waals surface area contributed by atoms with Crippen molar-refractivity contribution in [3.8, 4) is 17.2 Å². The lowest BCUT2D eigenvalue weighted by Crippen LogP contribution is -2.48. The Hall–Kier alpha value is -3.61.